The highest BCUT2D eigenvalue weighted by molar-refractivity contribution is 5.91. The molecular formula is C24H21N3O4. The monoisotopic (exact) mass is 415 g/mol. The molecule has 0 fully saturated rings. The van der Waals surface area contributed by atoms with E-state index in [4.69, 9.17) is 13.9 Å². The second kappa shape index (κ2) is 9.58. The number of hydrogen-bond donors (Lipinski definition) is 1. The number of aromatic nitrogens is 2. The van der Waals surface area contributed by atoms with Crippen LogP contribution in [0.1, 0.15) is 11.5 Å². The Labute approximate surface area is 179 Å². The van der Waals surface area contributed by atoms with Gasteiger partial charge in [-0.15, -0.1) is 10.2 Å². The van der Waals surface area contributed by atoms with Gasteiger partial charge in [0.1, 0.15) is 11.5 Å². The predicted molar refractivity (Wildman–Crippen MR) is 116 cm³/mol. The molecule has 0 radical (unpaired) electrons. The minimum Gasteiger partial charge on any atom is -0.497 e. The molecule has 0 saturated heterocycles. The predicted octanol–water partition coefficient (Wildman–Crippen LogP) is 4.35. The number of carbonyl (C=O) groups is 1. The highest BCUT2D eigenvalue weighted by Gasteiger charge is 2.09. The Kier molecular flexibility index (Phi) is 6.23. The van der Waals surface area contributed by atoms with Gasteiger partial charge in [0.2, 0.25) is 11.8 Å². The van der Waals surface area contributed by atoms with Crippen molar-refractivity contribution in [3.8, 4) is 23.0 Å². The molecule has 4 rings (SSSR count). The van der Waals surface area contributed by atoms with Crippen LogP contribution in [0.4, 0.5) is 5.69 Å². The number of benzene rings is 3. The lowest BCUT2D eigenvalue weighted by Gasteiger charge is -2.08. The largest absolute Gasteiger partial charge is 0.497 e. The number of nitrogens with zero attached hydrogens (tertiary/aromatic N) is 2. The summed E-state index contributed by atoms with van der Waals surface area (Å²) in [7, 11) is 1.60. The molecule has 3 aromatic carbocycles. The third-order valence-electron chi connectivity index (χ3n) is 4.51. The van der Waals surface area contributed by atoms with E-state index in [0.29, 0.717) is 29.6 Å². The van der Waals surface area contributed by atoms with Crippen LogP contribution in [0, 0.1) is 0 Å². The van der Waals surface area contributed by atoms with Crippen molar-refractivity contribution in [1.29, 1.82) is 0 Å². The fraction of sp³-hybridized carbons (Fsp3) is 0.125. The maximum atomic E-state index is 12.1. The zero-order chi connectivity index (χ0) is 21.5. The van der Waals surface area contributed by atoms with Gasteiger partial charge in [0.25, 0.3) is 5.91 Å². The van der Waals surface area contributed by atoms with E-state index in [1.165, 1.54) is 0 Å². The smallest absolute Gasteiger partial charge is 0.262 e. The molecule has 0 atom stereocenters. The normalized spacial score (nSPS) is 10.5. The van der Waals surface area contributed by atoms with Crippen LogP contribution < -0.4 is 14.8 Å². The third kappa shape index (κ3) is 5.48. The minimum atomic E-state index is -0.243. The number of ether oxygens (including phenoxy) is 2. The first kappa shape index (κ1) is 20.2. The topological polar surface area (TPSA) is 86.5 Å². The molecule has 4 aromatic rings. The van der Waals surface area contributed by atoms with Gasteiger partial charge in [0, 0.05) is 11.3 Å². The highest BCUT2D eigenvalue weighted by atomic mass is 16.5. The van der Waals surface area contributed by atoms with Crippen LogP contribution >= 0.6 is 0 Å². The summed E-state index contributed by atoms with van der Waals surface area (Å²) in [6.07, 6.45) is 0.509. The van der Waals surface area contributed by atoms with E-state index in [1.54, 1.807) is 31.4 Å². The van der Waals surface area contributed by atoms with Gasteiger partial charge in [-0.3, -0.25) is 4.79 Å². The average molecular weight is 415 g/mol. The van der Waals surface area contributed by atoms with E-state index in [1.807, 2.05) is 54.6 Å². The summed E-state index contributed by atoms with van der Waals surface area (Å²) < 4.78 is 16.3. The molecule has 31 heavy (non-hydrogen) atoms. The summed E-state index contributed by atoms with van der Waals surface area (Å²) in [5.74, 6) is 2.11. The standard InChI is InChI=1S/C24H21N3O4/c1-29-20-11-13-21(14-12-20)30-16-22(28)25-19-9-7-17(8-10-19)15-23-26-27-24(31-23)18-5-3-2-4-6-18/h2-14H,15-16H2,1H3,(H,25,28). The van der Waals surface area contributed by atoms with Crippen LogP contribution in [0.5, 0.6) is 11.5 Å². The van der Waals surface area contributed by atoms with Crippen LogP contribution in [0.2, 0.25) is 0 Å². The quantitative estimate of drug-likeness (QED) is 0.460. The molecular weight excluding hydrogens is 394 g/mol. The van der Waals surface area contributed by atoms with Crippen molar-refractivity contribution in [3.63, 3.8) is 0 Å². The Hall–Kier alpha value is -4.13. The molecule has 0 bridgehead atoms. The first-order valence-electron chi connectivity index (χ1n) is 9.73. The SMILES string of the molecule is COc1ccc(OCC(=O)Nc2ccc(Cc3nnc(-c4ccccc4)o3)cc2)cc1. The van der Waals surface area contributed by atoms with E-state index < -0.39 is 0 Å². The third-order valence-corrected chi connectivity index (χ3v) is 4.51. The molecule has 0 unspecified atom stereocenters. The van der Waals surface area contributed by atoms with E-state index in [-0.39, 0.29) is 12.5 Å². The number of rotatable bonds is 8. The lowest BCUT2D eigenvalue weighted by Crippen LogP contribution is -2.20. The number of amides is 1. The molecule has 7 nitrogen and oxygen atoms in total. The lowest BCUT2D eigenvalue weighted by molar-refractivity contribution is -0.118. The van der Waals surface area contributed by atoms with Crippen LogP contribution in [-0.4, -0.2) is 29.8 Å². The fourth-order valence-corrected chi connectivity index (χ4v) is 2.92. The molecule has 0 aliphatic rings. The van der Waals surface area contributed by atoms with E-state index in [2.05, 4.69) is 15.5 Å². The van der Waals surface area contributed by atoms with Crippen molar-refractivity contribution in [2.45, 2.75) is 6.42 Å². The van der Waals surface area contributed by atoms with Crippen molar-refractivity contribution in [1.82, 2.24) is 10.2 Å². The van der Waals surface area contributed by atoms with Gasteiger partial charge < -0.3 is 19.2 Å². The lowest BCUT2D eigenvalue weighted by atomic mass is 10.1. The molecule has 1 N–H and O–H groups in total. The molecule has 156 valence electrons. The van der Waals surface area contributed by atoms with Crippen molar-refractivity contribution in [2.75, 3.05) is 19.0 Å². The number of hydrogen-bond acceptors (Lipinski definition) is 6. The van der Waals surface area contributed by atoms with Crippen molar-refractivity contribution < 1.29 is 18.7 Å². The molecule has 7 heteroatoms. The second-order valence-corrected chi connectivity index (χ2v) is 6.75. The Balaban J connectivity index is 1.29. The number of carbonyl (C=O) groups excluding carboxylic acids is 1. The Morgan fingerprint density at radius 3 is 2.32 bits per heavy atom. The van der Waals surface area contributed by atoms with Crippen LogP contribution in [0.15, 0.2) is 83.3 Å². The second-order valence-electron chi connectivity index (χ2n) is 6.75. The van der Waals surface area contributed by atoms with Gasteiger partial charge in [-0.2, -0.15) is 0 Å². The first-order chi connectivity index (χ1) is 15.2. The number of methoxy groups -OCH3 is 1. The number of anilines is 1. The van der Waals surface area contributed by atoms with Crippen LogP contribution in [-0.2, 0) is 11.2 Å². The molecule has 0 spiro atoms. The number of nitrogens with one attached hydrogen (secondary N) is 1. The maximum Gasteiger partial charge on any atom is 0.262 e. The van der Waals surface area contributed by atoms with Gasteiger partial charge in [-0.05, 0) is 54.1 Å². The van der Waals surface area contributed by atoms with Gasteiger partial charge >= 0.3 is 0 Å². The van der Waals surface area contributed by atoms with Crippen molar-refractivity contribution in [2.24, 2.45) is 0 Å². The van der Waals surface area contributed by atoms with Gasteiger partial charge in [0.05, 0.1) is 13.5 Å². The minimum absolute atomic E-state index is 0.0850. The Morgan fingerprint density at radius 1 is 0.903 bits per heavy atom. The van der Waals surface area contributed by atoms with Gasteiger partial charge in [-0.1, -0.05) is 30.3 Å². The zero-order valence-corrected chi connectivity index (χ0v) is 16.9. The molecule has 1 amide bonds. The maximum absolute atomic E-state index is 12.1. The summed E-state index contributed by atoms with van der Waals surface area (Å²) >= 11 is 0. The first-order valence-corrected chi connectivity index (χ1v) is 9.73. The Morgan fingerprint density at radius 2 is 1.61 bits per heavy atom. The van der Waals surface area contributed by atoms with Crippen LogP contribution in [0.3, 0.4) is 0 Å². The molecule has 0 saturated carbocycles. The molecule has 0 aliphatic carbocycles. The highest BCUT2D eigenvalue weighted by Crippen LogP contribution is 2.20. The van der Waals surface area contributed by atoms with Gasteiger partial charge in [0.15, 0.2) is 6.61 Å². The summed E-state index contributed by atoms with van der Waals surface area (Å²) in [4.78, 5) is 12.1. The molecule has 0 aliphatic heterocycles. The van der Waals surface area contributed by atoms with Gasteiger partial charge in [-0.25, -0.2) is 0 Å². The summed E-state index contributed by atoms with van der Waals surface area (Å²) in [5, 5.41) is 11.0. The van der Waals surface area contributed by atoms with Crippen molar-refractivity contribution in [3.05, 3.63) is 90.3 Å². The van der Waals surface area contributed by atoms with E-state index in [0.717, 1.165) is 16.9 Å². The Bertz CT molecular complexity index is 1120. The molecule has 1 aromatic heterocycles. The van der Waals surface area contributed by atoms with E-state index >= 15 is 0 Å². The van der Waals surface area contributed by atoms with Crippen molar-refractivity contribution >= 4 is 11.6 Å². The summed E-state index contributed by atoms with van der Waals surface area (Å²) in [6, 6.07) is 24.2. The van der Waals surface area contributed by atoms with E-state index in [9.17, 15) is 4.79 Å². The average Bonchev–Trinajstić information content (AvgIpc) is 3.28. The summed E-state index contributed by atoms with van der Waals surface area (Å²) in [5.41, 5.74) is 2.56. The van der Waals surface area contributed by atoms with Crippen LogP contribution in [0.25, 0.3) is 11.5 Å². The fourth-order valence-electron chi connectivity index (χ4n) is 2.92. The zero-order valence-electron chi connectivity index (χ0n) is 16.9. The summed E-state index contributed by atoms with van der Waals surface area (Å²) in [6.45, 7) is -0.0850. The molecule has 1 heterocycles.